The number of rotatable bonds is 4. The molecule has 0 amide bonds. The van der Waals surface area contributed by atoms with E-state index in [4.69, 9.17) is 10.5 Å². The molecular weight excluding hydrogens is 232 g/mol. The Balaban J connectivity index is 2.05. The lowest BCUT2D eigenvalue weighted by Crippen LogP contribution is -1.96. The summed E-state index contributed by atoms with van der Waals surface area (Å²) in [5.74, 6) is 0.912. The summed E-state index contributed by atoms with van der Waals surface area (Å²) in [6.07, 6.45) is 0. The van der Waals surface area contributed by atoms with E-state index < -0.39 is 0 Å². The number of para-hydroxylation sites is 1. The first-order chi connectivity index (χ1) is 8.20. The summed E-state index contributed by atoms with van der Waals surface area (Å²) < 4.78 is 5.74. The molecule has 0 unspecified atom stereocenters. The molecule has 0 fully saturated rings. The number of hydrogen-bond donors (Lipinski definition) is 1. The van der Waals surface area contributed by atoms with E-state index in [0.717, 1.165) is 26.9 Å². The number of aryl methyl sites for hydroxylation is 2. The summed E-state index contributed by atoms with van der Waals surface area (Å²) in [6, 6.07) is 7.98. The lowest BCUT2D eigenvalue weighted by Gasteiger charge is -2.06. The summed E-state index contributed by atoms with van der Waals surface area (Å²) in [6.45, 7) is 5.08. The molecule has 17 heavy (non-hydrogen) atoms. The first kappa shape index (κ1) is 12.1. The van der Waals surface area contributed by atoms with Crippen LogP contribution in [0.5, 0.6) is 5.75 Å². The lowest BCUT2D eigenvalue weighted by atomic mass is 10.2. The average molecular weight is 248 g/mol. The zero-order valence-electron chi connectivity index (χ0n) is 10.1. The Kier molecular flexibility index (Phi) is 3.76. The van der Waals surface area contributed by atoms with E-state index >= 15 is 0 Å². The van der Waals surface area contributed by atoms with Crippen molar-refractivity contribution in [3.05, 3.63) is 45.4 Å². The van der Waals surface area contributed by atoms with Crippen LogP contribution in [0.1, 0.15) is 21.1 Å². The van der Waals surface area contributed by atoms with Gasteiger partial charge in [-0.2, -0.15) is 0 Å². The predicted octanol–water partition coefficient (Wildman–Crippen LogP) is 2.80. The van der Waals surface area contributed by atoms with Crippen molar-refractivity contribution in [1.29, 1.82) is 0 Å². The van der Waals surface area contributed by atoms with Crippen LogP contribution in [-0.2, 0) is 13.2 Å². The van der Waals surface area contributed by atoms with Crippen molar-refractivity contribution in [2.45, 2.75) is 27.0 Å². The van der Waals surface area contributed by atoms with Gasteiger partial charge in [0, 0.05) is 11.4 Å². The van der Waals surface area contributed by atoms with Crippen molar-refractivity contribution in [1.82, 2.24) is 4.98 Å². The molecule has 2 N–H and O–H groups in total. The smallest absolute Gasteiger partial charge is 0.140 e. The van der Waals surface area contributed by atoms with Gasteiger partial charge in [0.25, 0.3) is 0 Å². The molecule has 3 nitrogen and oxygen atoms in total. The third kappa shape index (κ3) is 2.84. The van der Waals surface area contributed by atoms with Crippen molar-refractivity contribution in [3.63, 3.8) is 0 Å². The summed E-state index contributed by atoms with van der Waals surface area (Å²) >= 11 is 1.62. The quantitative estimate of drug-likeness (QED) is 0.905. The van der Waals surface area contributed by atoms with Crippen molar-refractivity contribution in [2.75, 3.05) is 0 Å². The van der Waals surface area contributed by atoms with Gasteiger partial charge in [-0.3, -0.25) is 0 Å². The molecule has 0 aliphatic heterocycles. The topological polar surface area (TPSA) is 48.1 Å². The molecule has 4 heteroatoms. The van der Waals surface area contributed by atoms with E-state index in [1.165, 1.54) is 0 Å². The van der Waals surface area contributed by atoms with E-state index in [0.29, 0.717) is 13.2 Å². The molecule has 2 aromatic rings. The lowest BCUT2D eigenvalue weighted by molar-refractivity contribution is 0.303. The zero-order chi connectivity index (χ0) is 12.3. The molecule has 0 saturated carbocycles. The second-order valence-corrected chi connectivity index (χ2v) is 5.04. The van der Waals surface area contributed by atoms with Crippen LogP contribution >= 0.6 is 11.3 Å². The van der Waals surface area contributed by atoms with Gasteiger partial charge in [0.1, 0.15) is 17.4 Å². The Morgan fingerprint density at radius 3 is 2.71 bits per heavy atom. The van der Waals surface area contributed by atoms with Gasteiger partial charge in [0.2, 0.25) is 0 Å². The Morgan fingerprint density at radius 2 is 2.06 bits per heavy atom. The van der Waals surface area contributed by atoms with Crippen LogP contribution in [-0.4, -0.2) is 4.98 Å². The number of ether oxygens (including phenoxy) is 1. The highest BCUT2D eigenvalue weighted by Crippen LogP contribution is 2.21. The van der Waals surface area contributed by atoms with Gasteiger partial charge >= 0.3 is 0 Å². The Bertz CT molecular complexity index is 508. The number of nitrogens with two attached hydrogens (primary N) is 1. The number of thiazole rings is 1. The molecule has 1 aromatic carbocycles. The van der Waals surface area contributed by atoms with Crippen LogP contribution in [0.3, 0.4) is 0 Å². The average Bonchev–Trinajstić information content (AvgIpc) is 2.69. The third-order valence-corrected chi connectivity index (χ3v) is 3.72. The van der Waals surface area contributed by atoms with Crippen LogP contribution < -0.4 is 10.5 Å². The molecule has 0 aliphatic carbocycles. The Hall–Kier alpha value is -1.39. The fourth-order valence-electron chi connectivity index (χ4n) is 1.60. The molecule has 0 spiro atoms. The van der Waals surface area contributed by atoms with E-state index in [-0.39, 0.29) is 0 Å². The number of nitrogens with zero attached hydrogens (tertiary/aromatic N) is 1. The fraction of sp³-hybridized carbons (Fsp3) is 0.308. The van der Waals surface area contributed by atoms with Gasteiger partial charge in [-0.15, -0.1) is 11.3 Å². The summed E-state index contributed by atoms with van der Waals surface area (Å²) in [5, 5.41) is 0.978. The maximum atomic E-state index is 5.74. The van der Waals surface area contributed by atoms with Crippen molar-refractivity contribution in [3.8, 4) is 5.75 Å². The van der Waals surface area contributed by atoms with Gasteiger partial charge in [-0.25, -0.2) is 4.98 Å². The van der Waals surface area contributed by atoms with Crippen molar-refractivity contribution < 1.29 is 4.74 Å². The standard InChI is InChI=1S/C13H16N2OS/c1-9-5-3-4-6-11(9)16-8-13-15-10(2)12(7-14)17-13/h3-6H,7-8,14H2,1-2H3. The normalized spacial score (nSPS) is 10.5. The first-order valence-corrected chi connectivity index (χ1v) is 6.36. The molecule has 0 bridgehead atoms. The monoisotopic (exact) mass is 248 g/mol. The second-order valence-electron chi connectivity index (χ2n) is 3.87. The van der Waals surface area contributed by atoms with Crippen LogP contribution in [0.2, 0.25) is 0 Å². The molecule has 1 aromatic heterocycles. The van der Waals surface area contributed by atoms with Crippen molar-refractivity contribution in [2.24, 2.45) is 5.73 Å². The number of hydrogen-bond acceptors (Lipinski definition) is 4. The van der Waals surface area contributed by atoms with E-state index in [9.17, 15) is 0 Å². The number of benzene rings is 1. The van der Waals surface area contributed by atoms with Gasteiger partial charge in [0.15, 0.2) is 0 Å². The minimum Gasteiger partial charge on any atom is -0.486 e. The number of aromatic nitrogens is 1. The van der Waals surface area contributed by atoms with Crippen molar-refractivity contribution >= 4 is 11.3 Å². The van der Waals surface area contributed by atoms with E-state index in [1.807, 2.05) is 38.1 Å². The molecule has 0 atom stereocenters. The van der Waals surface area contributed by atoms with E-state index in [2.05, 4.69) is 4.98 Å². The van der Waals surface area contributed by atoms with E-state index in [1.54, 1.807) is 11.3 Å². The summed E-state index contributed by atoms with van der Waals surface area (Å²) in [4.78, 5) is 5.57. The zero-order valence-corrected chi connectivity index (χ0v) is 10.9. The highest BCUT2D eigenvalue weighted by atomic mass is 32.1. The molecule has 0 saturated heterocycles. The van der Waals surface area contributed by atoms with Gasteiger partial charge in [0.05, 0.1) is 5.69 Å². The highest BCUT2D eigenvalue weighted by Gasteiger charge is 2.07. The Morgan fingerprint density at radius 1 is 1.29 bits per heavy atom. The van der Waals surface area contributed by atoms with Gasteiger partial charge < -0.3 is 10.5 Å². The van der Waals surface area contributed by atoms with Crippen LogP contribution in [0.4, 0.5) is 0 Å². The third-order valence-electron chi connectivity index (χ3n) is 2.57. The molecule has 1 heterocycles. The van der Waals surface area contributed by atoms with Crippen LogP contribution in [0, 0.1) is 13.8 Å². The minimum absolute atomic E-state index is 0.510. The van der Waals surface area contributed by atoms with Crippen LogP contribution in [0.15, 0.2) is 24.3 Å². The summed E-state index contributed by atoms with van der Waals surface area (Å²) in [7, 11) is 0. The maximum Gasteiger partial charge on any atom is 0.140 e. The second kappa shape index (κ2) is 5.29. The SMILES string of the molecule is Cc1ccccc1OCc1nc(C)c(CN)s1. The first-order valence-electron chi connectivity index (χ1n) is 5.54. The molecule has 2 rings (SSSR count). The fourth-order valence-corrected chi connectivity index (χ4v) is 2.46. The minimum atomic E-state index is 0.510. The predicted molar refractivity (Wildman–Crippen MR) is 70.3 cm³/mol. The van der Waals surface area contributed by atoms with Gasteiger partial charge in [-0.05, 0) is 25.5 Å². The highest BCUT2D eigenvalue weighted by molar-refractivity contribution is 7.11. The summed E-state index contributed by atoms with van der Waals surface area (Å²) in [5.41, 5.74) is 7.78. The Labute approximate surface area is 105 Å². The van der Waals surface area contributed by atoms with Crippen LogP contribution in [0.25, 0.3) is 0 Å². The molecule has 90 valence electrons. The molecular formula is C13H16N2OS. The largest absolute Gasteiger partial charge is 0.486 e. The molecule has 0 radical (unpaired) electrons. The van der Waals surface area contributed by atoms with Gasteiger partial charge in [-0.1, -0.05) is 18.2 Å². The maximum absolute atomic E-state index is 5.74. The molecule has 0 aliphatic rings.